The first-order chi connectivity index (χ1) is 10.3. The number of carbonyl (C=O) groups is 1. The molecule has 1 amide bonds. The molecule has 0 spiro atoms. The largest absolute Gasteiger partial charge is 0.339 e. The molecule has 0 bridgehead atoms. The fourth-order valence-corrected chi connectivity index (χ4v) is 2.96. The highest BCUT2D eigenvalue weighted by atomic mass is 16.2. The van der Waals surface area contributed by atoms with E-state index in [-0.39, 0.29) is 5.91 Å². The Morgan fingerprint density at radius 1 is 1.05 bits per heavy atom. The van der Waals surface area contributed by atoms with E-state index < -0.39 is 0 Å². The highest BCUT2D eigenvalue weighted by Crippen LogP contribution is 2.14. The molecule has 2 fully saturated rings. The fraction of sp³-hybridized carbons (Fsp3) is 0.667. The first-order valence-corrected chi connectivity index (χ1v) is 7.86. The number of rotatable bonds is 3. The first kappa shape index (κ1) is 14.3. The lowest BCUT2D eigenvalue weighted by Gasteiger charge is -2.33. The minimum atomic E-state index is 0.0647. The minimum Gasteiger partial charge on any atom is -0.339 e. The normalized spacial score (nSPS) is 20.0. The lowest BCUT2D eigenvalue weighted by atomic mass is 10.3. The van der Waals surface area contributed by atoms with E-state index in [0.29, 0.717) is 5.56 Å². The molecule has 6 nitrogen and oxygen atoms in total. The Balaban J connectivity index is 1.63. The zero-order chi connectivity index (χ0) is 14.7. The molecule has 1 aromatic heterocycles. The summed E-state index contributed by atoms with van der Waals surface area (Å²) in [6.45, 7) is 9.01. The van der Waals surface area contributed by atoms with Gasteiger partial charge in [0.05, 0.1) is 5.56 Å². The van der Waals surface area contributed by atoms with Gasteiger partial charge in [0.1, 0.15) is 0 Å². The molecule has 1 aromatic rings. The molecule has 0 aliphatic carbocycles. The lowest BCUT2D eigenvalue weighted by Crippen LogP contribution is -2.46. The van der Waals surface area contributed by atoms with E-state index in [4.69, 9.17) is 0 Å². The highest BCUT2D eigenvalue weighted by molar-refractivity contribution is 5.93. The van der Waals surface area contributed by atoms with Crippen molar-refractivity contribution in [2.24, 2.45) is 0 Å². The number of piperazine rings is 1. The smallest absolute Gasteiger partial charge is 0.256 e. The topological polar surface area (TPSA) is 52.6 Å². The van der Waals surface area contributed by atoms with Gasteiger partial charge in [0.2, 0.25) is 5.95 Å². The highest BCUT2D eigenvalue weighted by Gasteiger charge is 2.21. The summed E-state index contributed by atoms with van der Waals surface area (Å²) in [5.74, 6) is 0.804. The molecule has 0 atom stereocenters. The van der Waals surface area contributed by atoms with Crippen LogP contribution in [0.1, 0.15) is 30.1 Å². The summed E-state index contributed by atoms with van der Waals surface area (Å²) in [4.78, 5) is 27.5. The second-order valence-corrected chi connectivity index (χ2v) is 5.69. The van der Waals surface area contributed by atoms with Crippen LogP contribution in [0.25, 0.3) is 0 Å². The Bertz CT molecular complexity index is 475. The second-order valence-electron chi connectivity index (χ2n) is 5.69. The number of hydrogen-bond donors (Lipinski definition) is 0. The Labute approximate surface area is 125 Å². The second kappa shape index (κ2) is 6.39. The predicted molar refractivity (Wildman–Crippen MR) is 81.5 cm³/mol. The van der Waals surface area contributed by atoms with Crippen molar-refractivity contribution in [3.05, 3.63) is 18.0 Å². The van der Waals surface area contributed by atoms with Gasteiger partial charge in [0, 0.05) is 51.7 Å². The molecule has 2 aliphatic heterocycles. The van der Waals surface area contributed by atoms with Crippen LogP contribution in [-0.4, -0.2) is 71.5 Å². The summed E-state index contributed by atoms with van der Waals surface area (Å²) in [7, 11) is 0. The number of likely N-dealkylation sites (tertiary alicyclic amines) is 1. The lowest BCUT2D eigenvalue weighted by molar-refractivity contribution is 0.0792. The van der Waals surface area contributed by atoms with Crippen LogP contribution in [0.15, 0.2) is 12.4 Å². The summed E-state index contributed by atoms with van der Waals surface area (Å²) in [6, 6.07) is 0. The van der Waals surface area contributed by atoms with Gasteiger partial charge in [-0.05, 0) is 19.4 Å². The van der Waals surface area contributed by atoms with Crippen LogP contribution in [0.3, 0.4) is 0 Å². The van der Waals surface area contributed by atoms with Crippen molar-refractivity contribution in [3.63, 3.8) is 0 Å². The average molecular weight is 289 g/mol. The molecule has 2 aliphatic rings. The molecule has 3 rings (SSSR count). The summed E-state index contributed by atoms with van der Waals surface area (Å²) < 4.78 is 0. The number of amides is 1. The van der Waals surface area contributed by atoms with E-state index in [1.54, 1.807) is 12.4 Å². The van der Waals surface area contributed by atoms with Gasteiger partial charge < -0.3 is 14.7 Å². The van der Waals surface area contributed by atoms with Crippen molar-refractivity contribution < 1.29 is 4.79 Å². The average Bonchev–Trinajstić information content (AvgIpc) is 3.09. The third-order valence-electron chi connectivity index (χ3n) is 4.38. The van der Waals surface area contributed by atoms with E-state index >= 15 is 0 Å². The molecule has 6 heteroatoms. The van der Waals surface area contributed by atoms with Crippen molar-refractivity contribution in [2.45, 2.75) is 19.8 Å². The molecular weight excluding hydrogens is 266 g/mol. The molecule has 0 unspecified atom stereocenters. The summed E-state index contributed by atoms with van der Waals surface area (Å²) >= 11 is 0. The van der Waals surface area contributed by atoms with Gasteiger partial charge in [0.25, 0.3) is 5.91 Å². The molecule has 2 saturated heterocycles. The van der Waals surface area contributed by atoms with Gasteiger partial charge in [-0.25, -0.2) is 9.97 Å². The molecule has 0 N–H and O–H groups in total. The number of anilines is 1. The Morgan fingerprint density at radius 2 is 1.67 bits per heavy atom. The maximum absolute atomic E-state index is 12.2. The quantitative estimate of drug-likeness (QED) is 0.826. The molecular formula is C15H23N5O. The van der Waals surface area contributed by atoms with E-state index in [1.165, 1.54) is 0 Å². The van der Waals surface area contributed by atoms with Gasteiger partial charge in [0.15, 0.2) is 0 Å². The predicted octanol–water partition coefficient (Wildman–Crippen LogP) is 0.854. The summed E-state index contributed by atoms with van der Waals surface area (Å²) in [6.07, 6.45) is 5.56. The fourth-order valence-electron chi connectivity index (χ4n) is 2.96. The molecule has 0 radical (unpaired) electrons. The van der Waals surface area contributed by atoms with Gasteiger partial charge in [-0.1, -0.05) is 6.92 Å². The van der Waals surface area contributed by atoms with Crippen LogP contribution in [0.2, 0.25) is 0 Å². The standard InChI is InChI=1S/C15H23N5O/c1-2-18-7-9-20(10-8-18)15-16-11-13(12-17-15)14(21)19-5-3-4-6-19/h11-12H,2-10H2,1H3. The molecule has 114 valence electrons. The van der Waals surface area contributed by atoms with E-state index in [2.05, 4.69) is 26.7 Å². The SMILES string of the molecule is CCN1CCN(c2ncc(C(=O)N3CCCC3)cn2)CC1. The van der Waals surface area contributed by atoms with Gasteiger partial charge in [-0.3, -0.25) is 4.79 Å². The Kier molecular flexibility index (Phi) is 4.34. The van der Waals surface area contributed by atoms with Crippen LogP contribution >= 0.6 is 0 Å². The monoisotopic (exact) mass is 289 g/mol. The van der Waals surface area contributed by atoms with Crippen LogP contribution < -0.4 is 4.90 Å². The van der Waals surface area contributed by atoms with Crippen molar-refractivity contribution in [1.82, 2.24) is 19.8 Å². The number of hydrogen-bond acceptors (Lipinski definition) is 5. The Morgan fingerprint density at radius 3 is 2.24 bits per heavy atom. The van der Waals surface area contributed by atoms with Crippen molar-refractivity contribution in [1.29, 1.82) is 0 Å². The van der Waals surface area contributed by atoms with Gasteiger partial charge >= 0.3 is 0 Å². The van der Waals surface area contributed by atoms with E-state index in [9.17, 15) is 4.79 Å². The molecule has 3 heterocycles. The number of nitrogens with zero attached hydrogens (tertiary/aromatic N) is 5. The maximum atomic E-state index is 12.2. The maximum Gasteiger partial charge on any atom is 0.256 e. The van der Waals surface area contributed by atoms with Crippen LogP contribution in [-0.2, 0) is 0 Å². The molecule has 0 saturated carbocycles. The van der Waals surface area contributed by atoms with Crippen molar-refractivity contribution >= 4 is 11.9 Å². The van der Waals surface area contributed by atoms with Crippen molar-refractivity contribution in [2.75, 3.05) is 50.7 Å². The van der Waals surface area contributed by atoms with Crippen LogP contribution in [0.4, 0.5) is 5.95 Å². The summed E-state index contributed by atoms with van der Waals surface area (Å²) in [5.41, 5.74) is 0.604. The molecule has 21 heavy (non-hydrogen) atoms. The molecule has 0 aromatic carbocycles. The zero-order valence-corrected chi connectivity index (χ0v) is 12.7. The minimum absolute atomic E-state index is 0.0647. The number of likely N-dealkylation sites (N-methyl/N-ethyl adjacent to an activating group) is 1. The number of carbonyl (C=O) groups excluding carboxylic acids is 1. The van der Waals surface area contributed by atoms with Crippen LogP contribution in [0, 0.1) is 0 Å². The van der Waals surface area contributed by atoms with Crippen molar-refractivity contribution in [3.8, 4) is 0 Å². The number of aromatic nitrogens is 2. The third kappa shape index (κ3) is 3.15. The van der Waals surface area contributed by atoms with E-state index in [1.807, 2.05) is 4.90 Å². The van der Waals surface area contributed by atoms with Gasteiger partial charge in [-0.15, -0.1) is 0 Å². The summed E-state index contributed by atoms with van der Waals surface area (Å²) in [5, 5.41) is 0. The Hall–Kier alpha value is -1.69. The van der Waals surface area contributed by atoms with Gasteiger partial charge in [-0.2, -0.15) is 0 Å². The first-order valence-electron chi connectivity index (χ1n) is 7.86. The van der Waals surface area contributed by atoms with Crippen LogP contribution in [0.5, 0.6) is 0 Å². The third-order valence-corrected chi connectivity index (χ3v) is 4.38. The van der Waals surface area contributed by atoms with E-state index in [0.717, 1.165) is 64.6 Å². The zero-order valence-electron chi connectivity index (χ0n) is 12.7.